The molecule has 25 heavy (non-hydrogen) atoms. The van der Waals surface area contributed by atoms with Crippen LogP contribution in [0.1, 0.15) is 0 Å². The van der Waals surface area contributed by atoms with Crippen LogP contribution >= 0.6 is 0 Å². The van der Waals surface area contributed by atoms with Gasteiger partial charge in [0.25, 0.3) is 0 Å². The third-order valence-corrected chi connectivity index (χ3v) is 3.91. The molecular weight excluding hydrogens is 313 g/mol. The highest BCUT2D eigenvalue weighted by Crippen LogP contribution is 2.27. The van der Waals surface area contributed by atoms with E-state index in [2.05, 4.69) is 15.0 Å². The molecule has 0 amide bonds. The Balaban J connectivity index is 1.78. The summed E-state index contributed by atoms with van der Waals surface area (Å²) in [5.74, 6) is 0.842. The lowest BCUT2D eigenvalue weighted by Crippen LogP contribution is -1.96. The van der Waals surface area contributed by atoms with Crippen molar-refractivity contribution in [2.24, 2.45) is 0 Å². The van der Waals surface area contributed by atoms with Gasteiger partial charge < -0.3 is 0 Å². The zero-order chi connectivity index (χ0) is 17.1. The summed E-state index contributed by atoms with van der Waals surface area (Å²) in [4.78, 5) is 13.0. The van der Waals surface area contributed by atoms with Crippen LogP contribution in [0.3, 0.4) is 0 Å². The Labute approximate surface area is 144 Å². The van der Waals surface area contributed by atoms with Gasteiger partial charge >= 0.3 is 0 Å². The predicted molar refractivity (Wildman–Crippen MR) is 96.1 cm³/mol. The number of benzene rings is 3. The molecule has 0 bridgehead atoms. The van der Waals surface area contributed by atoms with Crippen LogP contribution in [-0.2, 0) is 0 Å². The fourth-order valence-electron chi connectivity index (χ4n) is 2.66. The van der Waals surface area contributed by atoms with E-state index in [-0.39, 0.29) is 5.82 Å². The van der Waals surface area contributed by atoms with Gasteiger partial charge in [-0.3, -0.25) is 0 Å². The van der Waals surface area contributed by atoms with Crippen LogP contribution in [0, 0.1) is 5.82 Å². The van der Waals surface area contributed by atoms with Gasteiger partial charge in [0.15, 0.2) is 11.6 Å². The molecule has 0 unspecified atom stereocenters. The molecule has 0 aliphatic heterocycles. The van der Waals surface area contributed by atoms with Gasteiger partial charge in [-0.15, -0.1) is 0 Å². The van der Waals surface area contributed by atoms with E-state index in [4.69, 9.17) is 0 Å². The second kappa shape index (κ2) is 6.61. The monoisotopic (exact) mass is 327 g/mol. The van der Waals surface area contributed by atoms with E-state index in [1.165, 1.54) is 12.4 Å². The normalized spacial score (nSPS) is 10.6. The molecule has 120 valence electrons. The van der Waals surface area contributed by atoms with Crippen molar-refractivity contribution in [2.75, 3.05) is 0 Å². The molecule has 0 fully saturated rings. The quantitative estimate of drug-likeness (QED) is 0.531. The van der Waals surface area contributed by atoms with Crippen LogP contribution in [0.25, 0.3) is 33.9 Å². The lowest BCUT2D eigenvalue weighted by molar-refractivity contribution is 0.631. The summed E-state index contributed by atoms with van der Waals surface area (Å²) >= 11 is 0. The molecule has 0 atom stereocenters. The third kappa shape index (κ3) is 3.15. The predicted octanol–water partition coefficient (Wildman–Crippen LogP) is 5.01. The number of hydrogen-bond acceptors (Lipinski definition) is 3. The van der Waals surface area contributed by atoms with Crippen LogP contribution in [0.2, 0.25) is 0 Å². The third-order valence-electron chi connectivity index (χ3n) is 3.91. The number of hydrogen-bond donors (Lipinski definition) is 0. The van der Waals surface area contributed by atoms with Crippen molar-refractivity contribution in [1.29, 1.82) is 0 Å². The van der Waals surface area contributed by atoms with Crippen molar-refractivity contribution >= 4 is 0 Å². The highest BCUT2D eigenvalue weighted by Gasteiger charge is 2.10. The molecule has 3 aromatic carbocycles. The van der Waals surface area contributed by atoms with Crippen LogP contribution in [-0.4, -0.2) is 15.0 Å². The molecule has 0 aliphatic rings. The Morgan fingerprint density at radius 3 is 1.88 bits per heavy atom. The summed E-state index contributed by atoms with van der Waals surface area (Å²) in [6, 6.07) is 24.0. The minimum Gasteiger partial charge on any atom is -0.217 e. The topological polar surface area (TPSA) is 38.7 Å². The summed E-state index contributed by atoms with van der Waals surface area (Å²) < 4.78 is 14.3. The highest BCUT2D eigenvalue weighted by atomic mass is 19.1. The Bertz CT molecular complexity index is 1000. The summed E-state index contributed by atoms with van der Waals surface area (Å²) in [6.07, 6.45) is 1.48. The van der Waals surface area contributed by atoms with Crippen LogP contribution in [0.15, 0.2) is 85.2 Å². The SMILES string of the molecule is Fc1ccc(-c2ncnc(-c3ccccc3)n2)cc1-c1ccccc1. The van der Waals surface area contributed by atoms with Gasteiger partial charge in [-0.1, -0.05) is 60.7 Å². The van der Waals surface area contributed by atoms with E-state index in [1.54, 1.807) is 12.1 Å². The van der Waals surface area contributed by atoms with Crippen molar-refractivity contribution in [3.63, 3.8) is 0 Å². The first-order chi connectivity index (χ1) is 12.3. The van der Waals surface area contributed by atoms with Crippen molar-refractivity contribution < 1.29 is 4.39 Å². The minimum absolute atomic E-state index is 0.271. The maximum Gasteiger partial charge on any atom is 0.163 e. The van der Waals surface area contributed by atoms with E-state index in [0.29, 0.717) is 17.2 Å². The van der Waals surface area contributed by atoms with Gasteiger partial charge in [-0.2, -0.15) is 0 Å². The molecule has 4 aromatic rings. The molecule has 1 heterocycles. The number of halogens is 1. The summed E-state index contributed by atoms with van der Waals surface area (Å²) in [7, 11) is 0. The lowest BCUT2D eigenvalue weighted by Gasteiger charge is -2.07. The zero-order valence-corrected chi connectivity index (χ0v) is 13.3. The average molecular weight is 327 g/mol. The highest BCUT2D eigenvalue weighted by molar-refractivity contribution is 5.71. The molecule has 0 N–H and O–H groups in total. The summed E-state index contributed by atoms with van der Waals surface area (Å²) in [5, 5.41) is 0. The van der Waals surface area contributed by atoms with Crippen LogP contribution in [0.4, 0.5) is 4.39 Å². The molecule has 0 radical (unpaired) electrons. The molecule has 3 nitrogen and oxygen atoms in total. The smallest absolute Gasteiger partial charge is 0.163 e. The summed E-state index contributed by atoms with van der Waals surface area (Å²) in [5.41, 5.74) is 3.01. The van der Waals surface area contributed by atoms with E-state index in [9.17, 15) is 4.39 Å². The standard InChI is InChI=1S/C21H14FN3/c22-19-12-11-17(13-18(19)15-7-3-1-4-8-15)21-24-14-23-20(25-21)16-9-5-2-6-10-16/h1-14H. The Hall–Kier alpha value is -3.40. The molecular formula is C21H14FN3. The number of aromatic nitrogens is 3. The second-order valence-electron chi connectivity index (χ2n) is 5.56. The van der Waals surface area contributed by atoms with Crippen molar-refractivity contribution in [2.45, 2.75) is 0 Å². The fraction of sp³-hybridized carbons (Fsp3) is 0. The molecule has 0 spiro atoms. The first kappa shape index (κ1) is 15.1. The minimum atomic E-state index is -0.271. The molecule has 0 saturated heterocycles. The molecule has 4 heteroatoms. The largest absolute Gasteiger partial charge is 0.217 e. The Morgan fingerprint density at radius 1 is 0.600 bits per heavy atom. The summed E-state index contributed by atoms with van der Waals surface area (Å²) in [6.45, 7) is 0. The van der Waals surface area contributed by atoms with Crippen molar-refractivity contribution in [1.82, 2.24) is 15.0 Å². The van der Waals surface area contributed by atoms with E-state index < -0.39 is 0 Å². The second-order valence-corrected chi connectivity index (χ2v) is 5.56. The van der Waals surface area contributed by atoms with Gasteiger partial charge in [0.05, 0.1) is 0 Å². The fourth-order valence-corrected chi connectivity index (χ4v) is 2.66. The maximum atomic E-state index is 14.3. The molecule has 0 saturated carbocycles. The Morgan fingerprint density at radius 2 is 1.20 bits per heavy atom. The van der Waals surface area contributed by atoms with Crippen LogP contribution in [0.5, 0.6) is 0 Å². The Kier molecular flexibility index (Phi) is 4.01. The lowest BCUT2D eigenvalue weighted by atomic mass is 10.0. The van der Waals surface area contributed by atoms with Gasteiger partial charge in [-0.25, -0.2) is 19.3 Å². The first-order valence-corrected chi connectivity index (χ1v) is 7.91. The van der Waals surface area contributed by atoms with Gasteiger partial charge in [-0.05, 0) is 23.8 Å². The molecule has 4 rings (SSSR count). The zero-order valence-electron chi connectivity index (χ0n) is 13.3. The van der Waals surface area contributed by atoms with Gasteiger partial charge in [0.2, 0.25) is 0 Å². The van der Waals surface area contributed by atoms with Gasteiger partial charge in [0, 0.05) is 16.7 Å². The number of rotatable bonds is 3. The average Bonchev–Trinajstić information content (AvgIpc) is 2.70. The van der Waals surface area contributed by atoms with Crippen molar-refractivity contribution in [3.05, 3.63) is 91.0 Å². The molecule has 0 aliphatic carbocycles. The molecule has 1 aromatic heterocycles. The van der Waals surface area contributed by atoms with Crippen molar-refractivity contribution in [3.8, 4) is 33.9 Å². The maximum absolute atomic E-state index is 14.3. The van der Waals surface area contributed by atoms with Crippen LogP contribution < -0.4 is 0 Å². The van der Waals surface area contributed by atoms with E-state index in [0.717, 1.165) is 16.7 Å². The van der Waals surface area contributed by atoms with E-state index in [1.807, 2.05) is 60.7 Å². The first-order valence-electron chi connectivity index (χ1n) is 7.91. The van der Waals surface area contributed by atoms with E-state index >= 15 is 0 Å². The number of nitrogens with zero attached hydrogens (tertiary/aromatic N) is 3. The van der Waals surface area contributed by atoms with Gasteiger partial charge in [0.1, 0.15) is 12.1 Å².